The monoisotopic (exact) mass is 354 g/mol. The van der Waals surface area contributed by atoms with Crippen molar-refractivity contribution in [3.8, 4) is 0 Å². The number of fused-ring (bicyclic) bond motifs is 1. The number of anilines is 1. The van der Waals surface area contributed by atoms with E-state index in [4.69, 9.17) is 0 Å². The van der Waals surface area contributed by atoms with Gasteiger partial charge in [0.15, 0.2) is 0 Å². The molecule has 5 nitrogen and oxygen atoms in total. The first-order valence-electron chi connectivity index (χ1n) is 8.33. The van der Waals surface area contributed by atoms with E-state index < -0.39 is 0 Å². The SMILES string of the molecule is CCN(CCc1nc2ccccc2[nH]1)C(=O)Nc1cccc(SC)c1. The number of aromatic nitrogens is 2. The highest BCUT2D eigenvalue weighted by Crippen LogP contribution is 2.19. The molecule has 0 radical (unpaired) electrons. The fourth-order valence-corrected chi connectivity index (χ4v) is 3.13. The molecule has 0 saturated carbocycles. The van der Waals surface area contributed by atoms with E-state index in [2.05, 4.69) is 15.3 Å². The zero-order chi connectivity index (χ0) is 17.6. The van der Waals surface area contributed by atoms with E-state index in [0.29, 0.717) is 19.5 Å². The molecule has 1 aromatic heterocycles. The molecule has 0 aliphatic carbocycles. The summed E-state index contributed by atoms with van der Waals surface area (Å²) < 4.78 is 0. The summed E-state index contributed by atoms with van der Waals surface area (Å²) >= 11 is 1.66. The van der Waals surface area contributed by atoms with Gasteiger partial charge in [0.05, 0.1) is 11.0 Å². The summed E-state index contributed by atoms with van der Waals surface area (Å²) in [4.78, 5) is 23.3. The second-order valence-corrected chi connectivity index (χ2v) is 6.57. The van der Waals surface area contributed by atoms with E-state index in [9.17, 15) is 4.79 Å². The first kappa shape index (κ1) is 17.4. The number of carbonyl (C=O) groups excluding carboxylic acids is 1. The molecule has 0 aliphatic rings. The highest BCUT2D eigenvalue weighted by molar-refractivity contribution is 7.98. The van der Waals surface area contributed by atoms with E-state index >= 15 is 0 Å². The zero-order valence-electron chi connectivity index (χ0n) is 14.5. The Morgan fingerprint density at radius 1 is 1.24 bits per heavy atom. The van der Waals surface area contributed by atoms with Crippen LogP contribution >= 0.6 is 11.8 Å². The molecule has 0 aliphatic heterocycles. The fraction of sp³-hybridized carbons (Fsp3) is 0.263. The minimum atomic E-state index is -0.0862. The van der Waals surface area contributed by atoms with Gasteiger partial charge in [-0.15, -0.1) is 11.8 Å². The number of hydrogen-bond acceptors (Lipinski definition) is 3. The molecule has 1 heterocycles. The molecular weight excluding hydrogens is 332 g/mol. The largest absolute Gasteiger partial charge is 0.342 e. The summed E-state index contributed by atoms with van der Waals surface area (Å²) in [5.41, 5.74) is 2.80. The van der Waals surface area contributed by atoms with Crippen LogP contribution in [-0.4, -0.2) is 40.2 Å². The minimum Gasteiger partial charge on any atom is -0.342 e. The third-order valence-corrected chi connectivity index (χ3v) is 4.77. The molecule has 0 atom stereocenters. The van der Waals surface area contributed by atoms with Crippen LogP contribution in [0.25, 0.3) is 11.0 Å². The zero-order valence-corrected chi connectivity index (χ0v) is 15.3. The summed E-state index contributed by atoms with van der Waals surface area (Å²) in [6.07, 6.45) is 2.72. The third kappa shape index (κ3) is 4.33. The fourth-order valence-electron chi connectivity index (χ4n) is 2.67. The molecule has 0 saturated heterocycles. The molecule has 2 aromatic carbocycles. The molecule has 25 heavy (non-hydrogen) atoms. The number of carbonyl (C=O) groups is 1. The maximum absolute atomic E-state index is 12.5. The van der Waals surface area contributed by atoms with Crippen LogP contribution in [0.3, 0.4) is 0 Å². The van der Waals surface area contributed by atoms with Gasteiger partial charge in [0.2, 0.25) is 0 Å². The van der Waals surface area contributed by atoms with Gasteiger partial charge in [-0.3, -0.25) is 0 Å². The smallest absolute Gasteiger partial charge is 0.321 e. The van der Waals surface area contributed by atoms with Crippen LogP contribution in [0, 0.1) is 0 Å². The summed E-state index contributed by atoms with van der Waals surface area (Å²) in [5, 5.41) is 2.97. The number of H-pyrrole nitrogens is 1. The molecular formula is C19H22N4OS. The van der Waals surface area contributed by atoms with Crippen molar-refractivity contribution in [3.63, 3.8) is 0 Å². The molecule has 2 amide bonds. The van der Waals surface area contributed by atoms with Gasteiger partial charge in [0.1, 0.15) is 5.82 Å². The third-order valence-electron chi connectivity index (χ3n) is 4.05. The number of para-hydroxylation sites is 2. The lowest BCUT2D eigenvalue weighted by Crippen LogP contribution is -2.36. The van der Waals surface area contributed by atoms with Crippen LogP contribution < -0.4 is 5.32 Å². The number of hydrogen-bond donors (Lipinski definition) is 2. The lowest BCUT2D eigenvalue weighted by atomic mass is 10.3. The van der Waals surface area contributed by atoms with Crippen molar-refractivity contribution in [2.75, 3.05) is 24.7 Å². The number of likely N-dealkylation sites (N-methyl/N-ethyl adjacent to an activating group) is 1. The first-order chi connectivity index (χ1) is 12.2. The number of aromatic amines is 1. The number of rotatable bonds is 6. The Morgan fingerprint density at radius 3 is 2.84 bits per heavy atom. The minimum absolute atomic E-state index is 0.0862. The Balaban J connectivity index is 1.61. The molecule has 0 bridgehead atoms. The second kappa shape index (κ2) is 8.07. The molecule has 0 spiro atoms. The number of urea groups is 1. The molecule has 3 rings (SSSR count). The van der Waals surface area contributed by atoms with Gasteiger partial charge in [-0.2, -0.15) is 0 Å². The Kier molecular flexibility index (Phi) is 5.60. The number of amides is 2. The van der Waals surface area contributed by atoms with Gasteiger partial charge in [-0.1, -0.05) is 18.2 Å². The second-order valence-electron chi connectivity index (χ2n) is 5.69. The quantitative estimate of drug-likeness (QED) is 0.646. The Labute approximate surface area is 151 Å². The number of imidazole rings is 1. The predicted molar refractivity (Wildman–Crippen MR) is 104 cm³/mol. The van der Waals surface area contributed by atoms with E-state index in [1.54, 1.807) is 16.7 Å². The Hall–Kier alpha value is -2.47. The lowest BCUT2D eigenvalue weighted by Gasteiger charge is -2.21. The van der Waals surface area contributed by atoms with Gasteiger partial charge in [-0.25, -0.2) is 9.78 Å². The average Bonchev–Trinajstić information content (AvgIpc) is 3.05. The van der Waals surface area contributed by atoms with E-state index in [0.717, 1.165) is 27.4 Å². The lowest BCUT2D eigenvalue weighted by molar-refractivity contribution is 0.215. The van der Waals surface area contributed by atoms with Crippen molar-refractivity contribution in [2.45, 2.75) is 18.2 Å². The van der Waals surface area contributed by atoms with E-state index in [1.807, 2.05) is 61.7 Å². The maximum Gasteiger partial charge on any atom is 0.321 e. The topological polar surface area (TPSA) is 61.0 Å². The maximum atomic E-state index is 12.5. The van der Waals surface area contributed by atoms with Crippen molar-refractivity contribution in [2.24, 2.45) is 0 Å². The highest BCUT2D eigenvalue weighted by Gasteiger charge is 2.13. The molecule has 130 valence electrons. The molecule has 3 aromatic rings. The van der Waals surface area contributed by atoms with Gasteiger partial charge in [-0.05, 0) is 43.5 Å². The first-order valence-corrected chi connectivity index (χ1v) is 9.55. The van der Waals surface area contributed by atoms with E-state index in [1.165, 1.54) is 0 Å². The van der Waals surface area contributed by atoms with Crippen LogP contribution in [0.1, 0.15) is 12.7 Å². The van der Waals surface area contributed by atoms with Crippen LogP contribution in [0.5, 0.6) is 0 Å². The van der Waals surface area contributed by atoms with Crippen molar-refractivity contribution in [1.29, 1.82) is 0 Å². The van der Waals surface area contributed by atoms with Crippen molar-refractivity contribution in [3.05, 3.63) is 54.4 Å². The van der Waals surface area contributed by atoms with Gasteiger partial charge in [0, 0.05) is 30.1 Å². The molecule has 6 heteroatoms. The van der Waals surface area contributed by atoms with Crippen LogP contribution in [0.15, 0.2) is 53.4 Å². The summed E-state index contributed by atoms with van der Waals surface area (Å²) in [6, 6.07) is 15.7. The van der Waals surface area contributed by atoms with Crippen molar-refractivity contribution < 1.29 is 4.79 Å². The van der Waals surface area contributed by atoms with Gasteiger partial charge < -0.3 is 15.2 Å². The van der Waals surface area contributed by atoms with Crippen LogP contribution in [0.4, 0.5) is 10.5 Å². The average molecular weight is 354 g/mol. The Morgan fingerprint density at radius 2 is 2.08 bits per heavy atom. The van der Waals surface area contributed by atoms with Gasteiger partial charge in [0.25, 0.3) is 0 Å². The Bertz CT molecular complexity index is 828. The van der Waals surface area contributed by atoms with Gasteiger partial charge >= 0.3 is 6.03 Å². The van der Waals surface area contributed by atoms with Crippen LogP contribution in [-0.2, 0) is 6.42 Å². The standard InChI is InChI=1S/C19H22N4OS/c1-3-23(19(24)20-14-7-6-8-15(13-14)25-2)12-11-18-21-16-9-4-5-10-17(16)22-18/h4-10,13H,3,11-12H2,1-2H3,(H,20,24)(H,21,22). The predicted octanol–water partition coefficient (Wildman–Crippen LogP) is 4.38. The molecule has 0 unspecified atom stereocenters. The van der Waals surface area contributed by atoms with Crippen molar-refractivity contribution >= 4 is 34.5 Å². The summed E-state index contributed by atoms with van der Waals surface area (Å²) in [5.74, 6) is 0.900. The normalized spacial score (nSPS) is 10.8. The van der Waals surface area contributed by atoms with E-state index in [-0.39, 0.29) is 6.03 Å². The summed E-state index contributed by atoms with van der Waals surface area (Å²) in [7, 11) is 0. The number of benzene rings is 2. The number of nitrogens with zero attached hydrogens (tertiary/aromatic N) is 2. The number of thioether (sulfide) groups is 1. The number of nitrogens with one attached hydrogen (secondary N) is 2. The summed E-state index contributed by atoms with van der Waals surface area (Å²) in [6.45, 7) is 3.25. The molecule has 2 N–H and O–H groups in total. The highest BCUT2D eigenvalue weighted by atomic mass is 32.2. The van der Waals surface area contributed by atoms with Crippen LogP contribution in [0.2, 0.25) is 0 Å². The molecule has 0 fully saturated rings. The van der Waals surface area contributed by atoms with Crippen molar-refractivity contribution in [1.82, 2.24) is 14.9 Å².